The smallest absolute Gasteiger partial charge is 0.110 e. The van der Waals surface area contributed by atoms with Gasteiger partial charge in [0.05, 0.1) is 0 Å². The predicted molar refractivity (Wildman–Crippen MR) is 75.4 cm³/mol. The molecule has 0 bridgehead atoms. The first-order chi connectivity index (χ1) is 8.81. The van der Waals surface area contributed by atoms with Gasteiger partial charge in [-0.3, -0.25) is 4.90 Å². The molecule has 106 valence electrons. The summed E-state index contributed by atoms with van der Waals surface area (Å²) >= 11 is 0. The molecule has 1 aliphatic heterocycles. The van der Waals surface area contributed by atoms with Gasteiger partial charge in [0.1, 0.15) is 6.23 Å². The number of aliphatic hydroxyl groups is 1. The van der Waals surface area contributed by atoms with Crippen molar-refractivity contribution in [3.05, 3.63) is 0 Å². The quantitative estimate of drug-likeness (QED) is 0.789. The van der Waals surface area contributed by atoms with Crippen molar-refractivity contribution in [1.82, 2.24) is 10.2 Å². The molecule has 1 aliphatic carbocycles. The molecule has 3 nitrogen and oxygen atoms in total. The maximum Gasteiger partial charge on any atom is 0.110 e. The van der Waals surface area contributed by atoms with Gasteiger partial charge in [0.15, 0.2) is 0 Å². The van der Waals surface area contributed by atoms with Crippen LogP contribution in [0.5, 0.6) is 0 Å². The second-order valence-corrected chi connectivity index (χ2v) is 6.10. The van der Waals surface area contributed by atoms with E-state index in [4.69, 9.17) is 0 Å². The molecular formula is C15H30N2O. The van der Waals surface area contributed by atoms with E-state index in [0.717, 1.165) is 25.6 Å². The van der Waals surface area contributed by atoms with Crippen molar-refractivity contribution in [2.24, 2.45) is 11.8 Å². The van der Waals surface area contributed by atoms with Crippen LogP contribution >= 0.6 is 0 Å². The van der Waals surface area contributed by atoms with Crippen LogP contribution in [0, 0.1) is 11.8 Å². The largest absolute Gasteiger partial charge is 0.378 e. The Hall–Kier alpha value is -0.120. The Morgan fingerprint density at radius 3 is 2.39 bits per heavy atom. The van der Waals surface area contributed by atoms with Gasteiger partial charge in [-0.05, 0) is 63.5 Å². The third-order valence-corrected chi connectivity index (χ3v) is 4.76. The molecule has 2 aliphatic rings. The van der Waals surface area contributed by atoms with Crippen LogP contribution < -0.4 is 5.32 Å². The molecule has 1 saturated carbocycles. The number of aliphatic hydroxyl groups excluding tert-OH is 1. The summed E-state index contributed by atoms with van der Waals surface area (Å²) in [5.41, 5.74) is 0. The minimum absolute atomic E-state index is 0.162. The van der Waals surface area contributed by atoms with E-state index >= 15 is 0 Å². The molecule has 1 heterocycles. The summed E-state index contributed by atoms with van der Waals surface area (Å²) in [4.78, 5) is 2.32. The Balaban J connectivity index is 1.71. The number of hydrogen-bond acceptors (Lipinski definition) is 3. The Kier molecular flexibility index (Phi) is 5.93. The van der Waals surface area contributed by atoms with Crippen LogP contribution in [-0.2, 0) is 0 Å². The van der Waals surface area contributed by atoms with E-state index in [1.165, 1.54) is 51.5 Å². The number of piperidine rings is 1. The highest BCUT2D eigenvalue weighted by molar-refractivity contribution is 4.80. The molecule has 0 aromatic heterocycles. The second kappa shape index (κ2) is 7.46. The minimum atomic E-state index is -0.162. The Morgan fingerprint density at radius 1 is 1.11 bits per heavy atom. The average Bonchev–Trinajstić information content (AvgIpc) is 2.46. The van der Waals surface area contributed by atoms with Crippen molar-refractivity contribution in [3.8, 4) is 0 Å². The van der Waals surface area contributed by atoms with E-state index in [0.29, 0.717) is 5.92 Å². The van der Waals surface area contributed by atoms with Gasteiger partial charge in [-0.2, -0.15) is 0 Å². The fourth-order valence-electron chi connectivity index (χ4n) is 3.52. The van der Waals surface area contributed by atoms with E-state index in [2.05, 4.69) is 17.1 Å². The molecule has 0 radical (unpaired) electrons. The number of rotatable bonds is 5. The molecule has 1 atom stereocenters. The molecular weight excluding hydrogens is 224 g/mol. The first kappa shape index (κ1) is 14.3. The van der Waals surface area contributed by atoms with Crippen LogP contribution in [0.25, 0.3) is 0 Å². The van der Waals surface area contributed by atoms with Gasteiger partial charge >= 0.3 is 0 Å². The summed E-state index contributed by atoms with van der Waals surface area (Å²) in [6.07, 6.45) is 8.75. The van der Waals surface area contributed by atoms with Gasteiger partial charge in [0, 0.05) is 13.1 Å². The molecule has 2 rings (SSSR count). The van der Waals surface area contributed by atoms with Gasteiger partial charge in [-0.15, -0.1) is 0 Å². The highest BCUT2D eigenvalue weighted by Gasteiger charge is 2.30. The molecule has 0 aromatic rings. The Morgan fingerprint density at radius 2 is 1.78 bits per heavy atom. The van der Waals surface area contributed by atoms with Gasteiger partial charge in [-0.25, -0.2) is 0 Å². The SMILES string of the molecule is CCNCC1CCC(C(O)N2CCCCC2)CC1. The van der Waals surface area contributed by atoms with Crippen molar-refractivity contribution >= 4 is 0 Å². The fourth-order valence-corrected chi connectivity index (χ4v) is 3.52. The third-order valence-electron chi connectivity index (χ3n) is 4.76. The van der Waals surface area contributed by atoms with Crippen LogP contribution in [0.3, 0.4) is 0 Å². The number of nitrogens with one attached hydrogen (secondary N) is 1. The van der Waals surface area contributed by atoms with Crippen LogP contribution in [0.15, 0.2) is 0 Å². The Labute approximate surface area is 112 Å². The molecule has 0 amide bonds. The first-order valence-corrected chi connectivity index (χ1v) is 7.94. The molecule has 3 heteroatoms. The summed E-state index contributed by atoms with van der Waals surface area (Å²) < 4.78 is 0. The van der Waals surface area contributed by atoms with Gasteiger partial charge in [-0.1, -0.05) is 13.3 Å². The van der Waals surface area contributed by atoms with E-state index in [1.54, 1.807) is 0 Å². The number of hydrogen-bond donors (Lipinski definition) is 2. The predicted octanol–water partition coefficient (Wildman–Crippen LogP) is 2.21. The zero-order valence-corrected chi connectivity index (χ0v) is 11.9. The highest BCUT2D eigenvalue weighted by atomic mass is 16.3. The van der Waals surface area contributed by atoms with Crippen LogP contribution in [0.2, 0.25) is 0 Å². The zero-order chi connectivity index (χ0) is 12.8. The average molecular weight is 254 g/mol. The lowest BCUT2D eigenvalue weighted by atomic mass is 9.80. The molecule has 0 aromatic carbocycles. The maximum atomic E-state index is 10.5. The van der Waals surface area contributed by atoms with Crippen molar-refractivity contribution in [2.45, 2.75) is 58.1 Å². The van der Waals surface area contributed by atoms with Crippen LogP contribution in [-0.4, -0.2) is 42.4 Å². The normalized spacial score (nSPS) is 32.3. The fraction of sp³-hybridized carbons (Fsp3) is 1.00. The summed E-state index contributed by atoms with van der Waals surface area (Å²) in [5, 5.41) is 13.9. The third kappa shape index (κ3) is 3.94. The minimum Gasteiger partial charge on any atom is -0.378 e. The number of nitrogens with zero attached hydrogens (tertiary/aromatic N) is 1. The zero-order valence-electron chi connectivity index (χ0n) is 11.9. The van der Waals surface area contributed by atoms with E-state index in [-0.39, 0.29) is 6.23 Å². The number of likely N-dealkylation sites (tertiary alicyclic amines) is 1. The second-order valence-electron chi connectivity index (χ2n) is 6.10. The molecule has 18 heavy (non-hydrogen) atoms. The summed E-state index contributed by atoms with van der Waals surface area (Å²) in [6.45, 7) is 6.64. The molecule has 2 fully saturated rings. The van der Waals surface area contributed by atoms with Crippen molar-refractivity contribution in [2.75, 3.05) is 26.2 Å². The van der Waals surface area contributed by atoms with Gasteiger partial charge in [0.2, 0.25) is 0 Å². The molecule has 0 spiro atoms. The first-order valence-electron chi connectivity index (χ1n) is 7.94. The maximum absolute atomic E-state index is 10.5. The summed E-state index contributed by atoms with van der Waals surface area (Å²) in [6, 6.07) is 0. The van der Waals surface area contributed by atoms with Crippen molar-refractivity contribution in [3.63, 3.8) is 0 Å². The van der Waals surface area contributed by atoms with E-state index < -0.39 is 0 Å². The summed E-state index contributed by atoms with van der Waals surface area (Å²) in [5.74, 6) is 1.37. The van der Waals surface area contributed by atoms with Crippen LogP contribution in [0.1, 0.15) is 51.9 Å². The van der Waals surface area contributed by atoms with Crippen molar-refractivity contribution < 1.29 is 5.11 Å². The summed E-state index contributed by atoms with van der Waals surface area (Å²) in [7, 11) is 0. The van der Waals surface area contributed by atoms with Gasteiger partial charge < -0.3 is 10.4 Å². The monoisotopic (exact) mass is 254 g/mol. The van der Waals surface area contributed by atoms with Crippen LogP contribution in [0.4, 0.5) is 0 Å². The standard InChI is InChI=1S/C15H30N2O/c1-2-16-12-13-6-8-14(9-7-13)15(18)17-10-4-3-5-11-17/h13-16,18H,2-12H2,1H3. The van der Waals surface area contributed by atoms with Crippen molar-refractivity contribution in [1.29, 1.82) is 0 Å². The highest BCUT2D eigenvalue weighted by Crippen LogP contribution is 2.32. The molecule has 2 N–H and O–H groups in total. The molecule has 1 unspecified atom stereocenters. The lowest BCUT2D eigenvalue weighted by molar-refractivity contribution is -0.0621. The lowest BCUT2D eigenvalue weighted by Gasteiger charge is -2.39. The van der Waals surface area contributed by atoms with Gasteiger partial charge in [0.25, 0.3) is 0 Å². The molecule has 1 saturated heterocycles. The Bertz CT molecular complexity index is 221. The topological polar surface area (TPSA) is 35.5 Å². The van der Waals surface area contributed by atoms with E-state index in [1.807, 2.05) is 0 Å². The lowest BCUT2D eigenvalue weighted by Crippen LogP contribution is -2.44. The van der Waals surface area contributed by atoms with E-state index in [9.17, 15) is 5.11 Å².